The number of hydrogen-bond acceptors (Lipinski definition) is 5. The van der Waals surface area contributed by atoms with Gasteiger partial charge in [0.2, 0.25) is 0 Å². The normalized spacial score (nSPS) is 9.75. The molecule has 0 aliphatic rings. The highest BCUT2D eigenvalue weighted by atomic mass is 32.1. The summed E-state index contributed by atoms with van der Waals surface area (Å²) >= 11 is 1.52. The second-order valence-electron chi connectivity index (χ2n) is 3.15. The molecule has 16 heavy (non-hydrogen) atoms. The summed E-state index contributed by atoms with van der Waals surface area (Å²) in [5.74, 6) is 0.380. The van der Waals surface area contributed by atoms with Crippen LogP contribution in [0.15, 0.2) is 22.3 Å². The highest BCUT2D eigenvalue weighted by Crippen LogP contribution is 2.24. The van der Waals surface area contributed by atoms with Crippen LogP contribution in [0.1, 0.15) is 11.3 Å². The second kappa shape index (κ2) is 4.16. The van der Waals surface area contributed by atoms with Crippen LogP contribution in [0, 0.1) is 18.3 Å². The summed E-state index contributed by atoms with van der Waals surface area (Å²) in [6.07, 6.45) is 0. The maximum absolute atomic E-state index is 11.1. The first kappa shape index (κ1) is 10.4. The van der Waals surface area contributed by atoms with Crippen molar-refractivity contribution in [2.75, 3.05) is 5.32 Å². The van der Waals surface area contributed by atoms with E-state index in [1.54, 1.807) is 0 Å². The predicted octanol–water partition coefficient (Wildman–Crippen LogP) is 1.76. The number of aromatic amines is 1. The van der Waals surface area contributed by atoms with Crippen molar-refractivity contribution in [1.82, 2.24) is 9.97 Å². The summed E-state index contributed by atoms with van der Waals surface area (Å²) in [6.45, 7) is 1.96. The Bertz CT molecular complexity index is 608. The van der Waals surface area contributed by atoms with Gasteiger partial charge in [-0.3, -0.25) is 4.98 Å². The zero-order chi connectivity index (χ0) is 11.5. The van der Waals surface area contributed by atoms with Crippen molar-refractivity contribution in [3.8, 4) is 6.07 Å². The van der Waals surface area contributed by atoms with Gasteiger partial charge in [-0.05, 0) is 23.9 Å². The summed E-state index contributed by atoms with van der Waals surface area (Å²) in [6, 6.07) is 5.33. The first-order valence-corrected chi connectivity index (χ1v) is 5.39. The Balaban J connectivity index is 2.36. The third kappa shape index (κ3) is 2.10. The molecule has 0 spiro atoms. The van der Waals surface area contributed by atoms with E-state index in [4.69, 9.17) is 5.26 Å². The van der Waals surface area contributed by atoms with Gasteiger partial charge in [0.1, 0.15) is 17.6 Å². The molecule has 0 saturated carbocycles. The highest BCUT2D eigenvalue weighted by molar-refractivity contribution is 7.14. The Labute approximate surface area is 95.4 Å². The van der Waals surface area contributed by atoms with E-state index in [1.165, 1.54) is 17.4 Å². The lowest BCUT2D eigenvalue weighted by atomic mass is 10.3. The lowest BCUT2D eigenvalue weighted by Crippen LogP contribution is -2.13. The van der Waals surface area contributed by atoms with E-state index < -0.39 is 5.69 Å². The molecule has 2 aromatic rings. The number of aromatic nitrogens is 2. The Morgan fingerprint density at radius 1 is 1.62 bits per heavy atom. The van der Waals surface area contributed by atoms with Gasteiger partial charge in [-0.25, -0.2) is 4.79 Å². The van der Waals surface area contributed by atoms with Crippen LogP contribution in [0.5, 0.6) is 0 Å². The topological polar surface area (TPSA) is 81.6 Å². The van der Waals surface area contributed by atoms with Crippen LogP contribution in [0.4, 0.5) is 10.8 Å². The van der Waals surface area contributed by atoms with E-state index in [0.29, 0.717) is 5.82 Å². The quantitative estimate of drug-likeness (QED) is 0.826. The van der Waals surface area contributed by atoms with E-state index in [9.17, 15) is 4.79 Å². The summed E-state index contributed by atoms with van der Waals surface area (Å²) in [5.41, 5.74) is 0.734. The van der Waals surface area contributed by atoms with Gasteiger partial charge in [0.15, 0.2) is 0 Å². The van der Waals surface area contributed by atoms with Crippen LogP contribution < -0.4 is 11.0 Å². The molecule has 0 aromatic carbocycles. The number of nitrogens with one attached hydrogen (secondary N) is 2. The number of hydrogen-bond donors (Lipinski definition) is 2. The Morgan fingerprint density at radius 2 is 2.44 bits per heavy atom. The number of H-pyrrole nitrogens is 1. The zero-order valence-corrected chi connectivity index (χ0v) is 9.26. The van der Waals surface area contributed by atoms with Gasteiger partial charge in [-0.2, -0.15) is 10.2 Å². The molecule has 0 saturated heterocycles. The third-order valence-electron chi connectivity index (χ3n) is 1.97. The minimum atomic E-state index is -0.532. The standard InChI is InChI=1S/C10H8N4OS/c1-6-2-3-16-9(6)13-8-4-7(5-11)12-10(15)14-8/h2-4H,1H3,(H2,12,13,14,15). The molecule has 0 aliphatic heterocycles. The Hall–Kier alpha value is -2.13. The fourth-order valence-corrected chi connectivity index (χ4v) is 2.02. The average molecular weight is 232 g/mol. The maximum atomic E-state index is 11.1. The van der Waals surface area contributed by atoms with Crippen LogP contribution in [0.3, 0.4) is 0 Å². The summed E-state index contributed by atoms with van der Waals surface area (Å²) in [5, 5.41) is 14.6. The molecule has 0 aliphatic carbocycles. The fraction of sp³-hybridized carbons (Fsp3) is 0.100. The van der Waals surface area contributed by atoms with E-state index in [-0.39, 0.29) is 5.69 Å². The van der Waals surface area contributed by atoms with Crippen molar-refractivity contribution in [3.63, 3.8) is 0 Å². The molecule has 0 fully saturated rings. The average Bonchev–Trinajstić information content (AvgIpc) is 2.63. The Morgan fingerprint density at radius 3 is 3.06 bits per heavy atom. The number of rotatable bonds is 2. The monoisotopic (exact) mass is 232 g/mol. The summed E-state index contributed by atoms with van der Waals surface area (Å²) in [4.78, 5) is 17.2. The largest absolute Gasteiger partial charge is 0.347 e. The number of thiophene rings is 1. The molecular formula is C10H8N4OS. The molecule has 0 radical (unpaired) electrons. The van der Waals surface area contributed by atoms with Gasteiger partial charge in [0, 0.05) is 6.07 Å². The van der Waals surface area contributed by atoms with E-state index in [0.717, 1.165) is 10.6 Å². The molecule has 80 valence electrons. The van der Waals surface area contributed by atoms with Crippen LogP contribution in [0.25, 0.3) is 0 Å². The number of anilines is 2. The first-order valence-electron chi connectivity index (χ1n) is 4.51. The first-order chi connectivity index (χ1) is 7.69. The molecule has 2 N–H and O–H groups in total. The van der Waals surface area contributed by atoms with Crippen molar-refractivity contribution in [2.45, 2.75) is 6.92 Å². The Kier molecular flexibility index (Phi) is 2.70. The van der Waals surface area contributed by atoms with Crippen LogP contribution in [-0.2, 0) is 0 Å². The van der Waals surface area contributed by atoms with Crippen LogP contribution >= 0.6 is 11.3 Å². The van der Waals surface area contributed by atoms with Crippen LogP contribution in [0.2, 0.25) is 0 Å². The zero-order valence-electron chi connectivity index (χ0n) is 8.44. The smallest absolute Gasteiger partial charge is 0.331 e. The van der Waals surface area contributed by atoms with E-state index >= 15 is 0 Å². The molecule has 6 heteroatoms. The minimum Gasteiger partial charge on any atom is -0.331 e. The van der Waals surface area contributed by atoms with Gasteiger partial charge >= 0.3 is 5.69 Å². The third-order valence-corrected chi connectivity index (χ3v) is 2.90. The molecule has 5 nitrogen and oxygen atoms in total. The van der Waals surface area contributed by atoms with Crippen molar-refractivity contribution in [3.05, 3.63) is 39.3 Å². The number of nitrogens with zero attached hydrogens (tertiary/aromatic N) is 2. The molecule has 0 amide bonds. The lowest BCUT2D eigenvalue weighted by Gasteiger charge is -2.03. The van der Waals surface area contributed by atoms with Gasteiger partial charge in [-0.15, -0.1) is 11.3 Å². The lowest BCUT2D eigenvalue weighted by molar-refractivity contribution is 1.06. The highest BCUT2D eigenvalue weighted by Gasteiger charge is 2.03. The van der Waals surface area contributed by atoms with E-state index in [1.807, 2.05) is 24.4 Å². The molecule has 2 rings (SSSR count). The summed E-state index contributed by atoms with van der Waals surface area (Å²) in [7, 11) is 0. The minimum absolute atomic E-state index is 0.191. The molecule has 0 atom stereocenters. The van der Waals surface area contributed by atoms with Crippen molar-refractivity contribution in [2.24, 2.45) is 0 Å². The summed E-state index contributed by atoms with van der Waals surface area (Å²) < 4.78 is 0. The molecule has 0 unspecified atom stereocenters. The predicted molar refractivity (Wildman–Crippen MR) is 61.9 cm³/mol. The van der Waals surface area contributed by atoms with Gasteiger partial charge < -0.3 is 5.32 Å². The number of aryl methyl sites for hydroxylation is 1. The van der Waals surface area contributed by atoms with Gasteiger partial charge in [-0.1, -0.05) is 0 Å². The molecule has 2 aromatic heterocycles. The van der Waals surface area contributed by atoms with Crippen molar-refractivity contribution in [1.29, 1.82) is 5.26 Å². The van der Waals surface area contributed by atoms with Crippen LogP contribution in [-0.4, -0.2) is 9.97 Å². The molecule has 0 bridgehead atoms. The molecule has 2 heterocycles. The SMILES string of the molecule is Cc1ccsc1Nc1cc(C#N)[nH]c(=O)n1. The molecular weight excluding hydrogens is 224 g/mol. The van der Waals surface area contributed by atoms with Gasteiger partial charge in [0.05, 0.1) is 5.00 Å². The maximum Gasteiger partial charge on any atom is 0.347 e. The van der Waals surface area contributed by atoms with Crippen molar-refractivity contribution < 1.29 is 0 Å². The number of nitriles is 1. The van der Waals surface area contributed by atoms with Crippen molar-refractivity contribution >= 4 is 22.2 Å². The van der Waals surface area contributed by atoms with Gasteiger partial charge in [0.25, 0.3) is 0 Å². The second-order valence-corrected chi connectivity index (χ2v) is 4.07. The van der Waals surface area contributed by atoms with E-state index in [2.05, 4.69) is 15.3 Å². The fourth-order valence-electron chi connectivity index (χ4n) is 1.20.